The lowest BCUT2D eigenvalue weighted by molar-refractivity contribution is -0.134. The lowest BCUT2D eigenvalue weighted by Crippen LogP contribution is -2.50. The molecule has 152 valence electrons. The molecule has 0 saturated carbocycles. The van der Waals surface area contributed by atoms with E-state index in [1.807, 2.05) is 0 Å². The molecule has 4 rings (SSSR count). The van der Waals surface area contributed by atoms with E-state index in [9.17, 15) is 22.4 Å². The van der Waals surface area contributed by atoms with Gasteiger partial charge >= 0.3 is 5.97 Å². The zero-order valence-corrected chi connectivity index (χ0v) is 16.3. The first-order valence-electron chi connectivity index (χ1n) is 9.19. The van der Waals surface area contributed by atoms with Crippen LogP contribution in [0.3, 0.4) is 0 Å². The highest BCUT2D eigenvalue weighted by atomic mass is 32.2. The SMILES string of the molecule is O=C1OC(CC(=O)N2CCN(S(=O)(=O)c3ccc(F)cc3)CC2)c2ccccc21. The summed E-state index contributed by atoms with van der Waals surface area (Å²) in [5.74, 6) is -1.14. The van der Waals surface area contributed by atoms with Crippen molar-refractivity contribution in [3.63, 3.8) is 0 Å². The molecule has 2 aliphatic rings. The van der Waals surface area contributed by atoms with Crippen LogP contribution in [-0.2, 0) is 19.6 Å². The molecule has 2 aromatic rings. The highest BCUT2D eigenvalue weighted by molar-refractivity contribution is 7.89. The minimum atomic E-state index is -3.74. The summed E-state index contributed by atoms with van der Waals surface area (Å²) in [4.78, 5) is 26.2. The van der Waals surface area contributed by atoms with Crippen LogP contribution in [0.4, 0.5) is 4.39 Å². The Morgan fingerprint density at radius 1 is 1.03 bits per heavy atom. The Morgan fingerprint density at radius 2 is 1.69 bits per heavy atom. The standard InChI is InChI=1S/C20H19FN2O5S/c21-14-5-7-15(8-6-14)29(26,27)23-11-9-22(10-12-23)19(24)13-18-16-3-1-2-4-17(16)20(25)28-18/h1-8,18H,9-13H2. The van der Waals surface area contributed by atoms with Crippen LogP contribution in [0, 0.1) is 5.82 Å². The molecular weight excluding hydrogens is 399 g/mol. The van der Waals surface area contributed by atoms with Crippen LogP contribution in [0.5, 0.6) is 0 Å². The first-order chi connectivity index (χ1) is 13.9. The van der Waals surface area contributed by atoms with E-state index >= 15 is 0 Å². The Hall–Kier alpha value is -2.78. The molecule has 1 fully saturated rings. The van der Waals surface area contributed by atoms with Crippen LogP contribution in [0.25, 0.3) is 0 Å². The van der Waals surface area contributed by atoms with Gasteiger partial charge in [0.15, 0.2) is 0 Å². The molecule has 7 nitrogen and oxygen atoms in total. The molecule has 9 heteroatoms. The number of ether oxygens (including phenoxy) is 1. The fourth-order valence-corrected chi connectivity index (χ4v) is 5.01. The normalized spacial score (nSPS) is 19.7. The number of fused-ring (bicyclic) bond motifs is 1. The molecule has 1 amide bonds. The minimum Gasteiger partial charge on any atom is -0.453 e. The number of amides is 1. The second-order valence-corrected chi connectivity index (χ2v) is 8.86. The first kappa shape index (κ1) is 19.5. The largest absolute Gasteiger partial charge is 0.453 e. The van der Waals surface area contributed by atoms with Crippen LogP contribution in [0.2, 0.25) is 0 Å². The summed E-state index contributed by atoms with van der Waals surface area (Å²) in [7, 11) is -3.74. The van der Waals surface area contributed by atoms with E-state index in [0.29, 0.717) is 11.1 Å². The number of piperazine rings is 1. The molecule has 1 unspecified atom stereocenters. The van der Waals surface area contributed by atoms with Crippen LogP contribution in [-0.4, -0.2) is 55.7 Å². The Morgan fingerprint density at radius 3 is 2.38 bits per heavy atom. The smallest absolute Gasteiger partial charge is 0.339 e. The van der Waals surface area contributed by atoms with Gasteiger partial charge in [-0.1, -0.05) is 18.2 Å². The summed E-state index contributed by atoms with van der Waals surface area (Å²) in [5, 5.41) is 0. The number of sulfonamides is 1. The first-order valence-corrected chi connectivity index (χ1v) is 10.6. The van der Waals surface area contributed by atoms with Gasteiger partial charge in [-0.15, -0.1) is 0 Å². The van der Waals surface area contributed by atoms with Crippen molar-refractivity contribution in [1.29, 1.82) is 0 Å². The Labute approximate surface area is 167 Å². The van der Waals surface area contributed by atoms with E-state index in [2.05, 4.69) is 0 Å². The molecule has 0 radical (unpaired) electrons. The number of cyclic esters (lactones) is 1. The second-order valence-electron chi connectivity index (χ2n) is 6.92. The van der Waals surface area contributed by atoms with Gasteiger partial charge < -0.3 is 9.64 Å². The quantitative estimate of drug-likeness (QED) is 0.709. The third kappa shape index (κ3) is 3.75. The molecule has 0 bridgehead atoms. The number of carbonyl (C=O) groups excluding carboxylic acids is 2. The number of hydrogen-bond acceptors (Lipinski definition) is 5. The predicted octanol–water partition coefficient (Wildman–Crippen LogP) is 1.96. The van der Waals surface area contributed by atoms with E-state index in [1.165, 1.54) is 16.4 Å². The number of nitrogens with zero attached hydrogens (tertiary/aromatic N) is 2. The molecule has 0 aromatic heterocycles. The number of esters is 1. The van der Waals surface area contributed by atoms with Crippen molar-refractivity contribution in [1.82, 2.24) is 9.21 Å². The number of rotatable bonds is 4. The van der Waals surface area contributed by atoms with Crippen LogP contribution in [0.15, 0.2) is 53.4 Å². The zero-order valence-electron chi connectivity index (χ0n) is 15.5. The lowest BCUT2D eigenvalue weighted by atomic mass is 10.0. The average Bonchev–Trinajstić information content (AvgIpc) is 3.04. The van der Waals surface area contributed by atoms with Crippen molar-refractivity contribution in [3.05, 3.63) is 65.5 Å². The van der Waals surface area contributed by atoms with Crippen LogP contribution >= 0.6 is 0 Å². The van der Waals surface area contributed by atoms with E-state index in [4.69, 9.17) is 4.74 Å². The summed E-state index contributed by atoms with van der Waals surface area (Å²) in [6.45, 7) is 0.766. The fourth-order valence-electron chi connectivity index (χ4n) is 3.59. The van der Waals surface area contributed by atoms with Gasteiger partial charge in [0.25, 0.3) is 0 Å². The second kappa shape index (κ2) is 7.57. The Balaban J connectivity index is 1.38. The molecule has 29 heavy (non-hydrogen) atoms. The molecule has 2 heterocycles. The van der Waals surface area contributed by atoms with E-state index in [-0.39, 0.29) is 43.4 Å². The molecule has 0 aliphatic carbocycles. The molecule has 0 N–H and O–H groups in total. The van der Waals surface area contributed by atoms with Crippen molar-refractivity contribution in [2.75, 3.05) is 26.2 Å². The molecule has 1 saturated heterocycles. The van der Waals surface area contributed by atoms with Gasteiger partial charge in [-0.25, -0.2) is 17.6 Å². The van der Waals surface area contributed by atoms with Crippen molar-refractivity contribution in [2.45, 2.75) is 17.4 Å². The molecule has 0 spiro atoms. The van der Waals surface area contributed by atoms with E-state index in [0.717, 1.165) is 12.1 Å². The Bertz CT molecular complexity index is 1050. The summed E-state index contributed by atoms with van der Waals surface area (Å²) in [6.07, 6.45) is -0.597. The molecule has 2 aliphatic heterocycles. The Kier molecular flexibility index (Phi) is 5.10. The number of benzene rings is 2. The van der Waals surface area contributed by atoms with Gasteiger partial charge in [-0.2, -0.15) is 4.31 Å². The number of halogens is 1. The summed E-state index contributed by atoms with van der Waals surface area (Å²) < 4.78 is 45.0. The van der Waals surface area contributed by atoms with Crippen LogP contribution < -0.4 is 0 Å². The van der Waals surface area contributed by atoms with Gasteiger partial charge in [-0.3, -0.25) is 4.79 Å². The lowest BCUT2D eigenvalue weighted by Gasteiger charge is -2.34. The summed E-state index contributed by atoms with van der Waals surface area (Å²) >= 11 is 0. The van der Waals surface area contributed by atoms with Gasteiger partial charge in [-0.05, 0) is 30.3 Å². The molecular formula is C20H19FN2O5S. The van der Waals surface area contributed by atoms with Gasteiger partial charge in [0.05, 0.1) is 16.9 Å². The van der Waals surface area contributed by atoms with Gasteiger partial charge in [0.1, 0.15) is 11.9 Å². The minimum absolute atomic E-state index is 0.0213. The topological polar surface area (TPSA) is 84.0 Å². The van der Waals surface area contributed by atoms with Gasteiger partial charge in [0.2, 0.25) is 15.9 Å². The van der Waals surface area contributed by atoms with Crippen molar-refractivity contribution in [2.24, 2.45) is 0 Å². The third-order valence-corrected chi connectivity index (χ3v) is 7.09. The van der Waals surface area contributed by atoms with E-state index < -0.39 is 27.9 Å². The van der Waals surface area contributed by atoms with Crippen molar-refractivity contribution in [3.8, 4) is 0 Å². The maximum atomic E-state index is 13.1. The van der Waals surface area contributed by atoms with E-state index in [1.54, 1.807) is 29.2 Å². The van der Waals surface area contributed by atoms with Crippen molar-refractivity contribution >= 4 is 21.9 Å². The van der Waals surface area contributed by atoms with Crippen LogP contribution in [0.1, 0.15) is 28.4 Å². The maximum Gasteiger partial charge on any atom is 0.339 e. The zero-order chi connectivity index (χ0) is 20.6. The molecule has 2 aromatic carbocycles. The molecule has 1 atom stereocenters. The average molecular weight is 418 g/mol. The summed E-state index contributed by atoms with van der Waals surface area (Å²) in [6, 6.07) is 11.6. The third-order valence-electron chi connectivity index (χ3n) is 5.18. The predicted molar refractivity (Wildman–Crippen MR) is 101 cm³/mol. The highest BCUT2D eigenvalue weighted by Gasteiger charge is 2.35. The van der Waals surface area contributed by atoms with Gasteiger partial charge in [0, 0.05) is 31.7 Å². The number of hydrogen-bond donors (Lipinski definition) is 0. The van der Waals surface area contributed by atoms with Crippen molar-refractivity contribution < 1.29 is 27.1 Å². The summed E-state index contributed by atoms with van der Waals surface area (Å²) in [5.41, 5.74) is 1.17. The number of carbonyl (C=O) groups is 2. The fraction of sp³-hybridized carbons (Fsp3) is 0.300. The highest BCUT2D eigenvalue weighted by Crippen LogP contribution is 2.33. The monoisotopic (exact) mass is 418 g/mol. The maximum absolute atomic E-state index is 13.1.